The number of hydrogen-bond acceptors (Lipinski definition) is 6. The van der Waals surface area contributed by atoms with E-state index in [1.165, 1.54) is 11.3 Å². The Morgan fingerprint density at radius 1 is 1.10 bits per heavy atom. The van der Waals surface area contributed by atoms with E-state index in [4.69, 9.17) is 25.8 Å². The normalized spacial score (nSPS) is 12.4. The van der Waals surface area contributed by atoms with Crippen LogP contribution >= 0.6 is 22.9 Å². The van der Waals surface area contributed by atoms with E-state index in [2.05, 4.69) is 4.98 Å². The molecule has 1 atom stereocenters. The summed E-state index contributed by atoms with van der Waals surface area (Å²) < 4.78 is 17.2. The van der Waals surface area contributed by atoms with Crippen LogP contribution in [0.1, 0.15) is 24.8 Å². The second-order valence-electron chi connectivity index (χ2n) is 6.93. The molecule has 3 aromatic rings. The first kappa shape index (κ1) is 21.7. The summed E-state index contributed by atoms with van der Waals surface area (Å²) >= 11 is 7.47. The van der Waals surface area contributed by atoms with E-state index in [0.29, 0.717) is 35.6 Å². The fourth-order valence-corrected chi connectivity index (χ4v) is 4.24. The predicted molar refractivity (Wildman–Crippen MR) is 116 cm³/mol. The lowest BCUT2D eigenvalue weighted by atomic mass is 9.91. The summed E-state index contributed by atoms with van der Waals surface area (Å²) in [6.07, 6.45) is 0.426. The van der Waals surface area contributed by atoms with Crippen molar-refractivity contribution in [3.05, 3.63) is 53.1 Å². The van der Waals surface area contributed by atoms with Crippen molar-refractivity contribution >= 4 is 38.9 Å². The number of fused-ring (bicyclic) bond motifs is 1. The number of methoxy groups -OCH3 is 2. The summed E-state index contributed by atoms with van der Waals surface area (Å²) in [5, 5.41) is 1.23. The lowest BCUT2D eigenvalue weighted by Crippen LogP contribution is -2.21. The molecule has 29 heavy (non-hydrogen) atoms. The maximum absolute atomic E-state index is 12.6. The first-order valence-electron chi connectivity index (χ1n) is 9.34. The largest absolute Gasteiger partial charge is 0.431 e. The van der Waals surface area contributed by atoms with Gasteiger partial charge in [-0.25, -0.2) is 4.98 Å². The van der Waals surface area contributed by atoms with E-state index in [0.717, 1.165) is 15.8 Å². The Bertz CT molecular complexity index is 951. The summed E-state index contributed by atoms with van der Waals surface area (Å²) in [5.74, 6) is 0.705. The van der Waals surface area contributed by atoms with Gasteiger partial charge in [0.15, 0.2) is 0 Å². The molecule has 0 fully saturated rings. The number of Topliss-reactive ketones (excluding diaryl/α,β-unsaturated/α-hetero) is 1. The fourth-order valence-electron chi connectivity index (χ4n) is 3.13. The van der Waals surface area contributed by atoms with Gasteiger partial charge in [-0.3, -0.25) is 4.79 Å². The van der Waals surface area contributed by atoms with Crippen LogP contribution in [0.2, 0.25) is 5.02 Å². The Kier molecular flexibility index (Phi) is 7.61. The van der Waals surface area contributed by atoms with Crippen LogP contribution in [0.3, 0.4) is 0 Å². The van der Waals surface area contributed by atoms with E-state index in [1.54, 1.807) is 14.2 Å². The van der Waals surface area contributed by atoms with Gasteiger partial charge in [-0.2, -0.15) is 0 Å². The highest BCUT2D eigenvalue weighted by molar-refractivity contribution is 7.20. The molecule has 0 radical (unpaired) electrons. The molecule has 5 nitrogen and oxygen atoms in total. The highest BCUT2D eigenvalue weighted by Crippen LogP contribution is 2.33. The molecular weight excluding hydrogens is 410 g/mol. The third kappa shape index (κ3) is 5.76. The standard InChI is InChI=1S/C22H24ClNO4S/c1-14(20(25)10-15(12-26-2)13-27-3)16-4-7-18(8-5-16)28-22-24-19-9-6-17(23)11-21(19)29-22/h4-9,11,14-15H,10,12-13H2,1-3H3. The lowest BCUT2D eigenvalue weighted by molar-refractivity contribution is -0.122. The van der Waals surface area contributed by atoms with Gasteiger partial charge in [0.1, 0.15) is 11.5 Å². The number of benzene rings is 2. The van der Waals surface area contributed by atoms with Crippen molar-refractivity contribution in [1.82, 2.24) is 4.98 Å². The third-order valence-corrected chi connectivity index (χ3v) is 5.82. The van der Waals surface area contributed by atoms with Crippen molar-refractivity contribution in [2.24, 2.45) is 5.92 Å². The average molecular weight is 434 g/mol. The van der Waals surface area contributed by atoms with Gasteiger partial charge in [0.2, 0.25) is 0 Å². The molecule has 7 heteroatoms. The molecule has 0 N–H and O–H groups in total. The smallest absolute Gasteiger partial charge is 0.279 e. The minimum absolute atomic E-state index is 0.0649. The Morgan fingerprint density at radius 2 is 1.79 bits per heavy atom. The molecule has 0 aliphatic heterocycles. The summed E-state index contributed by atoms with van der Waals surface area (Å²) in [5.41, 5.74) is 1.80. The highest BCUT2D eigenvalue weighted by atomic mass is 35.5. The maximum atomic E-state index is 12.6. The summed E-state index contributed by atoms with van der Waals surface area (Å²) in [6, 6.07) is 13.1. The first-order chi connectivity index (χ1) is 14.0. The van der Waals surface area contributed by atoms with Crippen molar-refractivity contribution in [3.63, 3.8) is 0 Å². The zero-order chi connectivity index (χ0) is 20.8. The van der Waals surface area contributed by atoms with Gasteiger partial charge < -0.3 is 14.2 Å². The first-order valence-corrected chi connectivity index (χ1v) is 10.5. The number of aromatic nitrogens is 1. The molecular formula is C22H24ClNO4S. The van der Waals surface area contributed by atoms with Crippen LogP contribution in [0.25, 0.3) is 10.2 Å². The van der Waals surface area contributed by atoms with E-state index in [9.17, 15) is 4.79 Å². The SMILES string of the molecule is COCC(COC)CC(=O)C(C)c1ccc(Oc2nc3ccc(Cl)cc3s2)cc1. The fraction of sp³-hybridized carbons (Fsp3) is 0.364. The molecule has 1 unspecified atom stereocenters. The number of hydrogen-bond donors (Lipinski definition) is 0. The van der Waals surface area contributed by atoms with Crippen molar-refractivity contribution in [1.29, 1.82) is 0 Å². The monoisotopic (exact) mass is 433 g/mol. The van der Waals surface area contributed by atoms with Crippen LogP contribution in [0, 0.1) is 5.92 Å². The quantitative estimate of drug-likeness (QED) is 0.409. The Morgan fingerprint density at radius 3 is 2.45 bits per heavy atom. The number of carbonyl (C=O) groups excluding carboxylic acids is 1. The molecule has 0 saturated heterocycles. The zero-order valence-electron chi connectivity index (χ0n) is 16.7. The second-order valence-corrected chi connectivity index (χ2v) is 8.36. The van der Waals surface area contributed by atoms with Crippen LogP contribution < -0.4 is 4.74 Å². The number of thiazole rings is 1. The van der Waals surface area contributed by atoms with E-state index in [-0.39, 0.29) is 17.6 Å². The molecule has 3 rings (SSSR count). The third-order valence-electron chi connectivity index (χ3n) is 4.69. The summed E-state index contributed by atoms with van der Waals surface area (Å²) in [4.78, 5) is 17.1. The topological polar surface area (TPSA) is 57.7 Å². The molecule has 1 heterocycles. The van der Waals surface area contributed by atoms with E-state index < -0.39 is 0 Å². The van der Waals surface area contributed by atoms with Crippen molar-refractivity contribution in [3.8, 4) is 10.9 Å². The van der Waals surface area contributed by atoms with Crippen LogP contribution in [-0.2, 0) is 14.3 Å². The summed E-state index contributed by atoms with van der Waals surface area (Å²) in [6.45, 7) is 2.94. The van der Waals surface area contributed by atoms with Crippen LogP contribution in [-0.4, -0.2) is 38.2 Å². The Labute approximate surface area is 179 Å². The minimum atomic E-state index is -0.204. The molecule has 1 aromatic heterocycles. The van der Waals surface area contributed by atoms with Gasteiger partial charge in [-0.1, -0.05) is 42.0 Å². The van der Waals surface area contributed by atoms with Gasteiger partial charge in [0, 0.05) is 37.5 Å². The van der Waals surface area contributed by atoms with Gasteiger partial charge in [-0.05, 0) is 35.9 Å². The van der Waals surface area contributed by atoms with Crippen LogP contribution in [0.4, 0.5) is 0 Å². The minimum Gasteiger partial charge on any atom is -0.431 e. The van der Waals surface area contributed by atoms with E-state index in [1.807, 2.05) is 49.4 Å². The number of nitrogens with zero attached hydrogens (tertiary/aromatic N) is 1. The molecule has 0 amide bonds. The zero-order valence-corrected chi connectivity index (χ0v) is 18.3. The van der Waals surface area contributed by atoms with Gasteiger partial charge >= 0.3 is 0 Å². The molecule has 0 aliphatic rings. The van der Waals surface area contributed by atoms with Crippen molar-refractivity contribution in [2.45, 2.75) is 19.3 Å². The lowest BCUT2D eigenvalue weighted by Gasteiger charge is -2.17. The molecule has 2 aromatic carbocycles. The Balaban J connectivity index is 1.64. The van der Waals surface area contributed by atoms with Crippen LogP contribution in [0.15, 0.2) is 42.5 Å². The van der Waals surface area contributed by atoms with Gasteiger partial charge in [0.05, 0.1) is 23.4 Å². The van der Waals surface area contributed by atoms with Crippen molar-refractivity contribution < 1.29 is 19.0 Å². The molecule has 0 saturated carbocycles. The molecule has 154 valence electrons. The van der Waals surface area contributed by atoms with E-state index >= 15 is 0 Å². The van der Waals surface area contributed by atoms with Crippen molar-refractivity contribution in [2.75, 3.05) is 27.4 Å². The number of halogens is 1. The molecule has 0 bridgehead atoms. The van der Waals surface area contributed by atoms with Gasteiger partial charge in [0.25, 0.3) is 5.19 Å². The molecule has 0 aliphatic carbocycles. The van der Waals surface area contributed by atoms with Crippen LogP contribution in [0.5, 0.6) is 10.9 Å². The predicted octanol–water partition coefficient (Wildman–Crippen LogP) is 5.71. The average Bonchev–Trinajstić information content (AvgIpc) is 3.09. The van der Waals surface area contributed by atoms with Gasteiger partial charge in [-0.15, -0.1) is 0 Å². The number of ketones is 1. The Hall–Kier alpha value is -1.99. The number of carbonyl (C=O) groups is 1. The number of rotatable bonds is 10. The highest BCUT2D eigenvalue weighted by Gasteiger charge is 2.20. The maximum Gasteiger partial charge on any atom is 0.279 e. The summed E-state index contributed by atoms with van der Waals surface area (Å²) in [7, 11) is 3.27. The second kappa shape index (κ2) is 10.2. The molecule has 0 spiro atoms. The number of ether oxygens (including phenoxy) is 3.